The molecule has 2 aromatic carbocycles. The monoisotopic (exact) mass is 357 g/mol. The second-order valence-electron chi connectivity index (χ2n) is 5.67. The summed E-state index contributed by atoms with van der Waals surface area (Å²) in [7, 11) is -3.53. The molecule has 1 aliphatic rings. The van der Waals surface area contributed by atoms with Crippen LogP contribution >= 0.6 is 0 Å². The lowest BCUT2D eigenvalue weighted by atomic mass is 10.1. The maximum Gasteiger partial charge on any atom is 0.263 e. The van der Waals surface area contributed by atoms with Crippen LogP contribution < -0.4 is 10.0 Å². The highest BCUT2D eigenvalue weighted by molar-refractivity contribution is 7.90. The molecule has 0 saturated heterocycles. The first kappa shape index (κ1) is 17.2. The molecule has 0 aromatic heterocycles. The molecule has 25 heavy (non-hydrogen) atoms. The number of hydrogen-bond donors (Lipinski definition) is 2. The fourth-order valence-electron chi connectivity index (χ4n) is 2.60. The largest absolute Gasteiger partial charge is 0.356 e. The maximum atomic E-state index is 12.0. The Morgan fingerprint density at radius 3 is 2.56 bits per heavy atom. The molecule has 7 heteroatoms. The smallest absolute Gasteiger partial charge is 0.263 e. The Balaban J connectivity index is 1.49. The van der Waals surface area contributed by atoms with Crippen molar-refractivity contribution in [2.75, 3.05) is 13.1 Å². The number of benzene rings is 2. The highest BCUT2D eigenvalue weighted by atomic mass is 32.2. The van der Waals surface area contributed by atoms with Gasteiger partial charge in [0.15, 0.2) is 0 Å². The fourth-order valence-corrected chi connectivity index (χ4v) is 3.85. The normalized spacial score (nSPS) is 16.2. The molecule has 2 N–H and O–H groups in total. The molecule has 0 bridgehead atoms. The Labute approximate surface area is 147 Å². The van der Waals surface area contributed by atoms with Gasteiger partial charge >= 0.3 is 0 Å². The number of fused-ring (bicyclic) bond motifs is 1. The molecule has 6 nitrogen and oxygen atoms in total. The number of sulfonamides is 1. The van der Waals surface area contributed by atoms with Crippen molar-refractivity contribution in [2.24, 2.45) is 4.99 Å². The lowest BCUT2D eigenvalue weighted by Gasteiger charge is -2.04. The first-order valence-electron chi connectivity index (χ1n) is 8.03. The summed E-state index contributed by atoms with van der Waals surface area (Å²) in [5, 5.41) is 2.85. The highest BCUT2D eigenvalue weighted by Crippen LogP contribution is 2.22. The van der Waals surface area contributed by atoms with Crippen molar-refractivity contribution in [3.63, 3.8) is 0 Å². The minimum atomic E-state index is -3.53. The van der Waals surface area contributed by atoms with Gasteiger partial charge in [-0.25, -0.2) is 8.42 Å². The van der Waals surface area contributed by atoms with E-state index in [2.05, 4.69) is 15.0 Å². The van der Waals surface area contributed by atoms with Crippen LogP contribution in [0, 0.1) is 0 Å². The van der Waals surface area contributed by atoms with Crippen LogP contribution in [0.2, 0.25) is 0 Å². The summed E-state index contributed by atoms with van der Waals surface area (Å²) in [6.07, 6.45) is 0.983. The Morgan fingerprint density at radius 1 is 1.04 bits per heavy atom. The zero-order valence-electron chi connectivity index (χ0n) is 13.6. The molecular formula is C18H19N3O3S. The summed E-state index contributed by atoms with van der Waals surface area (Å²) in [4.78, 5) is 16.3. The van der Waals surface area contributed by atoms with Crippen LogP contribution in [0.25, 0.3) is 0 Å². The van der Waals surface area contributed by atoms with Crippen LogP contribution in [-0.2, 0) is 21.2 Å². The van der Waals surface area contributed by atoms with Gasteiger partial charge in [0.25, 0.3) is 10.0 Å². The number of rotatable bonds is 6. The lowest BCUT2D eigenvalue weighted by molar-refractivity contribution is -0.120. The molecule has 0 atom stereocenters. The van der Waals surface area contributed by atoms with E-state index >= 15 is 0 Å². The van der Waals surface area contributed by atoms with E-state index in [9.17, 15) is 13.2 Å². The molecule has 0 saturated carbocycles. The van der Waals surface area contributed by atoms with Crippen molar-refractivity contribution in [3.8, 4) is 0 Å². The second kappa shape index (κ2) is 7.48. The first-order valence-corrected chi connectivity index (χ1v) is 9.52. The van der Waals surface area contributed by atoms with E-state index in [4.69, 9.17) is 0 Å². The van der Waals surface area contributed by atoms with Gasteiger partial charge in [-0.3, -0.25) is 14.5 Å². The van der Waals surface area contributed by atoms with Crippen molar-refractivity contribution in [2.45, 2.75) is 17.7 Å². The summed E-state index contributed by atoms with van der Waals surface area (Å²) in [6.45, 7) is 0.790. The Kier molecular flexibility index (Phi) is 5.14. The minimum Gasteiger partial charge on any atom is -0.356 e. The van der Waals surface area contributed by atoms with E-state index in [1.807, 2.05) is 30.3 Å². The number of nitrogens with one attached hydrogen (secondary N) is 2. The van der Waals surface area contributed by atoms with Crippen LogP contribution in [0.1, 0.15) is 17.5 Å². The minimum absolute atomic E-state index is 0.102. The van der Waals surface area contributed by atoms with E-state index in [0.717, 1.165) is 6.42 Å². The van der Waals surface area contributed by atoms with Crippen molar-refractivity contribution in [1.29, 1.82) is 0 Å². The first-order chi connectivity index (χ1) is 12.1. The number of amidine groups is 1. The van der Waals surface area contributed by atoms with Gasteiger partial charge in [0, 0.05) is 18.5 Å². The number of nitrogens with zero attached hydrogens (tertiary/aromatic N) is 1. The zero-order chi connectivity index (χ0) is 17.7. The molecule has 1 heterocycles. The van der Waals surface area contributed by atoms with Gasteiger partial charge in [0.05, 0.1) is 11.4 Å². The van der Waals surface area contributed by atoms with E-state index in [-0.39, 0.29) is 23.8 Å². The quantitative estimate of drug-likeness (QED) is 0.821. The van der Waals surface area contributed by atoms with E-state index in [0.29, 0.717) is 17.9 Å². The molecule has 0 aliphatic carbocycles. The number of carbonyl (C=O) groups is 1. The Hall–Kier alpha value is -2.67. The van der Waals surface area contributed by atoms with Crippen molar-refractivity contribution >= 4 is 21.8 Å². The number of amides is 1. The highest BCUT2D eigenvalue weighted by Gasteiger charge is 2.29. The fraction of sp³-hybridized carbons (Fsp3) is 0.222. The van der Waals surface area contributed by atoms with E-state index in [1.54, 1.807) is 18.2 Å². The summed E-state index contributed by atoms with van der Waals surface area (Å²) >= 11 is 0. The maximum absolute atomic E-state index is 12.0. The summed E-state index contributed by atoms with van der Waals surface area (Å²) in [5.41, 5.74) is 1.71. The van der Waals surface area contributed by atoms with Crippen LogP contribution in [0.5, 0.6) is 0 Å². The molecular weight excluding hydrogens is 338 g/mol. The second-order valence-corrected chi connectivity index (χ2v) is 7.32. The molecule has 0 spiro atoms. The summed E-state index contributed by atoms with van der Waals surface area (Å²) in [5.74, 6) is 0.196. The summed E-state index contributed by atoms with van der Waals surface area (Å²) in [6, 6.07) is 16.6. The molecule has 3 rings (SSSR count). The van der Waals surface area contributed by atoms with Crippen molar-refractivity contribution < 1.29 is 13.2 Å². The van der Waals surface area contributed by atoms with Crippen LogP contribution in [0.15, 0.2) is 64.5 Å². The molecule has 1 aliphatic heterocycles. The van der Waals surface area contributed by atoms with Gasteiger partial charge in [0.2, 0.25) is 5.91 Å². The molecule has 0 unspecified atom stereocenters. The lowest BCUT2D eigenvalue weighted by Crippen LogP contribution is -2.27. The zero-order valence-corrected chi connectivity index (χ0v) is 14.4. The van der Waals surface area contributed by atoms with Gasteiger partial charge in [-0.05, 0) is 24.1 Å². The predicted molar refractivity (Wildman–Crippen MR) is 95.9 cm³/mol. The number of aliphatic imine (C=N–C) groups is 1. The van der Waals surface area contributed by atoms with Crippen LogP contribution in [0.3, 0.4) is 0 Å². The standard InChI is InChI=1S/C18H19N3O3S/c22-17(19-12-10-14-6-2-1-3-7-14)11-13-20-18-15-8-4-5-9-16(15)25(23,24)21-18/h1-9H,10-13H2,(H,19,22)(H,20,21). The topological polar surface area (TPSA) is 87.6 Å². The Morgan fingerprint density at radius 2 is 1.76 bits per heavy atom. The number of hydrogen-bond acceptors (Lipinski definition) is 4. The van der Waals surface area contributed by atoms with E-state index in [1.165, 1.54) is 11.6 Å². The third-order valence-corrected chi connectivity index (χ3v) is 5.25. The summed E-state index contributed by atoms with van der Waals surface area (Å²) < 4.78 is 26.4. The molecule has 1 amide bonds. The van der Waals surface area contributed by atoms with Gasteiger partial charge < -0.3 is 5.32 Å². The van der Waals surface area contributed by atoms with Gasteiger partial charge in [-0.1, -0.05) is 42.5 Å². The predicted octanol–water partition coefficient (Wildman–Crippen LogP) is 1.47. The average molecular weight is 357 g/mol. The van der Waals surface area contributed by atoms with Gasteiger partial charge in [-0.15, -0.1) is 0 Å². The molecule has 2 aromatic rings. The SMILES string of the molecule is O=C(CCN=C1NS(=O)(=O)c2ccccc21)NCCc1ccccc1. The molecule has 0 radical (unpaired) electrons. The number of carbonyl (C=O) groups excluding carboxylic acids is 1. The van der Waals surface area contributed by atoms with Crippen molar-refractivity contribution in [3.05, 3.63) is 65.7 Å². The van der Waals surface area contributed by atoms with Crippen LogP contribution in [-0.4, -0.2) is 33.3 Å². The van der Waals surface area contributed by atoms with E-state index < -0.39 is 10.0 Å². The third-order valence-electron chi connectivity index (χ3n) is 3.85. The van der Waals surface area contributed by atoms with Crippen molar-refractivity contribution in [1.82, 2.24) is 10.0 Å². The van der Waals surface area contributed by atoms with Gasteiger partial charge in [-0.2, -0.15) is 0 Å². The van der Waals surface area contributed by atoms with Gasteiger partial charge in [0.1, 0.15) is 5.84 Å². The van der Waals surface area contributed by atoms with Crippen LogP contribution in [0.4, 0.5) is 0 Å². The molecule has 0 fully saturated rings. The average Bonchev–Trinajstić information content (AvgIpc) is 2.87. The third kappa shape index (κ3) is 4.24. The Bertz CT molecular complexity index is 893. The molecule has 130 valence electrons.